The summed E-state index contributed by atoms with van der Waals surface area (Å²) in [5.74, 6) is -0.212. The maximum Gasteiger partial charge on any atom is 0.239 e. The van der Waals surface area contributed by atoms with Crippen LogP contribution in [0, 0.1) is 0 Å². The Bertz CT molecular complexity index is 423. The predicted octanol–water partition coefficient (Wildman–Crippen LogP) is -1.22. The third-order valence-electron chi connectivity index (χ3n) is 2.15. The Morgan fingerprint density at radius 3 is 2.83 bits per heavy atom. The van der Waals surface area contributed by atoms with Crippen LogP contribution in [0.15, 0.2) is 18.3 Å². The summed E-state index contributed by atoms with van der Waals surface area (Å²) < 4.78 is 5.04. The minimum atomic E-state index is -0.371. The molecule has 18 heavy (non-hydrogen) atoms. The minimum Gasteiger partial charge on any atom is -0.481 e. The van der Waals surface area contributed by atoms with Gasteiger partial charge in [-0.15, -0.1) is 0 Å². The summed E-state index contributed by atoms with van der Waals surface area (Å²) in [5, 5.41) is 5.01. The number of nitrogens with two attached hydrogens (primary N) is 1. The van der Waals surface area contributed by atoms with Gasteiger partial charge in [-0.25, -0.2) is 4.98 Å². The van der Waals surface area contributed by atoms with E-state index in [2.05, 4.69) is 15.6 Å². The summed E-state index contributed by atoms with van der Waals surface area (Å²) in [6.07, 6.45) is 1.60. The highest BCUT2D eigenvalue weighted by atomic mass is 16.5. The molecule has 0 saturated carbocycles. The molecule has 98 valence electrons. The summed E-state index contributed by atoms with van der Waals surface area (Å²) in [5.41, 5.74) is 5.86. The van der Waals surface area contributed by atoms with Gasteiger partial charge in [-0.1, -0.05) is 6.07 Å². The lowest BCUT2D eigenvalue weighted by molar-refractivity contribution is -0.125. The monoisotopic (exact) mass is 252 g/mol. The normalized spacial score (nSPS) is 9.67. The van der Waals surface area contributed by atoms with E-state index in [1.807, 2.05) is 0 Å². The number of carbonyl (C=O) groups is 2. The zero-order valence-electron chi connectivity index (χ0n) is 10.1. The smallest absolute Gasteiger partial charge is 0.239 e. The molecule has 2 amide bonds. The van der Waals surface area contributed by atoms with E-state index in [0.717, 1.165) is 5.56 Å². The van der Waals surface area contributed by atoms with Crippen LogP contribution < -0.4 is 21.1 Å². The number of methoxy groups -OCH3 is 1. The van der Waals surface area contributed by atoms with Crippen LogP contribution in [-0.2, 0) is 16.1 Å². The molecule has 0 aliphatic heterocycles. The second-order valence-electron chi connectivity index (χ2n) is 3.43. The zero-order valence-corrected chi connectivity index (χ0v) is 10.1. The molecule has 0 bridgehead atoms. The van der Waals surface area contributed by atoms with Gasteiger partial charge in [0.05, 0.1) is 20.2 Å². The summed E-state index contributed by atoms with van der Waals surface area (Å²) in [6, 6.07) is 3.55. The maximum absolute atomic E-state index is 11.4. The molecule has 0 aliphatic rings. The van der Waals surface area contributed by atoms with Gasteiger partial charge in [-0.3, -0.25) is 9.59 Å². The van der Waals surface area contributed by atoms with Crippen molar-refractivity contribution in [2.75, 3.05) is 20.2 Å². The first-order chi connectivity index (χ1) is 8.67. The number of nitrogens with one attached hydrogen (secondary N) is 2. The van der Waals surface area contributed by atoms with Crippen molar-refractivity contribution in [1.82, 2.24) is 15.6 Å². The molecular weight excluding hydrogens is 236 g/mol. The van der Waals surface area contributed by atoms with Crippen molar-refractivity contribution in [3.8, 4) is 5.88 Å². The molecule has 0 saturated heterocycles. The Morgan fingerprint density at radius 1 is 1.39 bits per heavy atom. The Hall–Kier alpha value is -2.15. The zero-order chi connectivity index (χ0) is 13.4. The lowest BCUT2D eigenvalue weighted by Crippen LogP contribution is -2.39. The molecule has 1 heterocycles. The van der Waals surface area contributed by atoms with E-state index in [9.17, 15) is 9.59 Å². The lowest BCUT2D eigenvalue weighted by atomic mass is 10.2. The number of ether oxygens (including phenoxy) is 1. The average molecular weight is 252 g/mol. The van der Waals surface area contributed by atoms with Crippen LogP contribution in [0.5, 0.6) is 5.88 Å². The van der Waals surface area contributed by atoms with Gasteiger partial charge in [0.2, 0.25) is 17.7 Å². The third kappa shape index (κ3) is 4.38. The number of pyridine rings is 1. The number of nitrogens with zero attached hydrogens (tertiary/aromatic N) is 1. The highest BCUT2D eigenvalue weighted by Gasteiger charge is 2.06. The summed E-state index contributed by atoms with van der Waals surface area (Å²) in [6.45, 7) is 0.0522. The largest absolute Gasteiger partial charge is 0.481 e. The van der Waals surface area contributed by atoms with Crippen molar-refractivity contribution in [3.05, 3.63) is 23.9 Å². The fraction of sp³-hybridized carbons (Fsp3) is 0.364. The summed E-state index contributed by atoms with van der Waals surface area (Å²) in [7, 11) is 1.51. The highest BCUT2D eigenvalue weighted by molar-refractivity contribution is 5.85. The lowest BCUT2D eigenvalue weighted by Gasteiger charge is -2.08. The van der Waals surface area contributed by atoms with E-state index in [4.69, 9.17) is 10.5 Å². The van der Waals surface area contributed by atoms with Crippen LogP contribution in [0.25, 0.3) is 0 Å². The van der Waals surface area contributed by atoms with Crippen LogP contribution in [0.3, 0.4) is 0 Å². The van der Waals surface area contributed by atoms with Gasteiger partial charge in [-0.2, -0.15) is 0 Å². The number of aromatic nitrogens is 1. The molecular formula is C11H16N4O3. The molecule has 1 aromatic rings. The number of hydrogen-bond donors (Lipinski definition) is 3. The van der Waals surface area contributed by atoms with E-state index < -0.39 is 0 Å². The van der Waals surface area contributed by atoms with Gasteiger partial charge in [0.1, 0.15) is 0 Å². The van der Waals surface area contributed by atoms with Crippen LogP contribution in [0.4, 0.5) is 0 Å². The molecule has 0 aromatic carbocycles. The molecule has 0 aliphatic carbocycles. The van der Waals surface area contributed by atoms with E-state index in [0.29, 0.717) is 5.88 Å². The molecule has 4 N–H and O–H groups in total. The Kier molecular flexibility index (Phi) is 5.59. The van der Waals surface area contributed by atoms with Gasteiger partial charge in [0.15, 0.2) is 0 Å². The first-order valence-electron chi connectivity index (χ1n) is 5.38. The van der Waals surface area contributed by atoms with Crippen molar-refractivity contribution < 1.29 is 14.3 Å². The van der Waals surface area contributed by atoms with E-state index in [-0.39, 0.29) is 31.4 Å². The Balaban J connectivity index is 2.40. The molecule has 7 heteroatoms. The second kappa shape index (κ2) is 7.23. The number of hydrogen-bond acceptors (Lipinski definition) is 5. The SMILES string of the molecule is COc1ncccc1CNC(=O)CNC(=O)CN. The molecule has 0 radical (unpaired) electrons. The van der Waals surface area contributed by atoms with Crippen LogP contribution in [-0.4, -0.2) is 37.0 Å². The fourth-order valence-corrected chi connectivity index (χ4v) is 1.25. The number of amides is 2. The summed E-state index contributed by atoms with van der Waals surface area (Å²) >= 11 is 0. The van der Waals surface area contributed by atoms with Gasteiger partial charge >= 0.3 is 0 Å². The first kappa shape index (κ1) is 13.9. The van der Waals surface area contributed by atoms with Gasteiger partial charge in [-0.05, 0) is 6.07 Å². The average Bonchev–Trinajstić information content (AvgIpc) is 2.42. The number of carbonyl (C=O) groups excluding carboxylic acids is 2. The van der Waals surface area contributed by atoms with E-state index >= 15 is 0 Å². The summed E-state index contributed by atoms with van der Waals surface area (Å²) in [4.78, 5) is 26.3. The van der Waals surface area contributed by atoms with E-state index in [1.54, 1.807) is 18.3 Å². The van der Waals surface area contributed by atoms with Crippen molar-refractivity contribution in [3.63, 3.8) is 0 Å². The highest BCUT2D eigenvalue weighted by Crippen LogP contribution is 2.12. The molecule has 0 atom stereocenters. The third-order valence-corrected chi connectivity index (χ3v) is 2.15. The molecule has 7 nitrogen and oxygen atoms in total. The van der Waals surface area contributed by atoms with Crippen molar-refractivity contribution in [2.45, 2.75) is 6.54 Å². The van der Waals surface area contributed by atoms with Crippen LogP contribution >= 0.6 is 0 Å². The Morgan fingerprint density at radius 2 is 2.17 bits per heavy atom. The molecule has 0 fully saturated rings. The van der Waals surface area contributed by atoms with Gasteiger partial charge in [0.25, 0.3) is 0 Å². The molecule has 1 aromatic heterocycles. The molecule has 0 spiro atoms. The van der Waals surface area contributed by atoms with Crippen molar-refractivity contribution >= 4 is 11.8 Å². The van der Waals surface area contributed by atoms with Crippen molar-refractivity contribution in [2.24, 2.45) is 5.73 Å². The van der Waals surface area contributed by atoms with Gasteiger partial charge < -0.3 is 21.1 Å². The van der Waals surface area contributed by atoms with Crippen LogP contribution in [0.1, 0.15) is 5.56 Å². The second-order valence-corrected chi connectivity index (χ2v) is 3.43. The number of rotatable bonds is 6. The van der Waals surface area contributed by atoms with Crippen molar-refractivity contribution in [1.29, 1.82) is 0 Å². The minimum absolute atomic E-state index is 0.0986. The first-order valence-corrected chi connectivity index (χ1v) is 5.38. The topological polar surface area (TPSA) is 106 Å². The predicted molar refractivity (Wildman–Crippen MR) is 64.7 cm³/mol. The Labute approximate surface area is 105 Å². The quantitative estimate of drug-likeness (QED) is 0.588. The van der Waals surface area contributed by atoms with E-state index in [1.165, 1.54) is 7.11 Å². The van der Waals surface area contributed by atoms with Crippen LogP contribution in [0.2, 0.25) is 0 Å². The fourth-order valence-electron chi connectivity index (χ4n) is 1.25. The maximum atomic E-state index is 11.4. The standard InChI is InChI=1S/C11H16N4O3/c1-18-11-8(3-2-4-13-11)6-14-10(17)7-15-9(16)5-12/h2-4H,5-7,12H2,1H3,(H,14,17)(H,15,16). The molecule has 1 rings (SSSR count). The van der Waals surface area contributed by atoms with Gasteiger partial charge in [0, 0.05) is 18.3 Å². The molecule has 0 unspecified atom stereocenters.